The molecule has 1 amide bonds. The molecule has 0 radical (unpaired) electrons. The molecule has 1 aromatic carbocycles. The van der Waals surface area contributed by atoms with Crippen LogP contribution >= 0.6 is 0 Å². The first-order valence-electron chi connectivity index (χ1n) is 5.01. The Kier molecular flexibility index (Phi) is 4.00. The Labute approximate surface area is 95.4 Å². The van der Waals surface area contributed by atoms with Gasteiger partial charge >= 0.3 is 0 Å². The summed E-state index contributed by atoms with van der Waals surface area (Å²) in [5.41, 5.74) is 1.69. The lowest BCUT2D eigenvalue weighted by molar-refractivity contribution is -0.123. The lowest BCUT2D eigenvalue weighted by Crippen LogP contribution is -2.19. The van der Waals surface area contributed by atoms with E-state index < -0.39 is 0 Å². The third kappa shape index (κ3) is 3.35. The van der Waals surface area contributed by atoms with Crippen LogP contribution in [0.3, 0.4) is 0 Å². The van der Waals surface area contributed by atoms with Gasteiger partial charge in [-0.15, -0.1) is 0 Å². The molecule has 0 unspecified atom stereocenters. The number of likely N-dealkylation sites (N-methyl/N-ethyl adjacent to an activating group) is 1. The molecule has 0 bridgehead atoms. The standard InChI is InChI=1S/C13H15NO2/c1-10-4-6-11(7-5-10)12(15)8-9-13(16)14(2)3/h4-9H,1-3H3. The van der Waals surface area contributed by atoms with E-state index in [2.05, 4.69) is 0 Å². The van der Waals surface area contributed by atoms with E-state index in [1.807, 2.05) is 19.1 Å². The van der Waals surface area contributed by atoms with Gasteiger partial charge in [-0.05, 0) is 13.0 Å². The molecule has 1 rings (SSSR count). The van der Waals surface area contributed by atoms with Crippen molar-refractivity contribution in [3.8, 4) is 0 Å². The zero-order valence-electron chi connectivity index (χ0n) is 9.73. The highest BCUT2D eigenvalue weighted by molar-refractivity contribution is 6.07. The number of aryl methyl sites for hydroxylation is 1. The first-order chi connectivity index (χ1) is 7.50. The predicted octanol–water partition coefficient (Wildman–Crippen LogP) is 1.82. The Bertz CT molecular complexity index is 416. The maximum Gasteiger partial charge on any atom is 0.246 e. The van der Waals surface area contributed by atoms with Gasteiger partial charge in [0.1, 0.15) is 0 Å². The second kappa shape index (κ2) is 5.26. The van der Waals surface area contributed by atoms with Crippen molar-refractivity contribution in [2.75, 3.05) is 14.1 Å². The van der Waals surface area contributed by atoms with E-state index in [-0.39, 0.29) is 11.7 Å². The van der Waals surface area contributed by atoms with Crippen LogP contribution in [0.2, 0.25) is 0 Å². The van der Waals surface area contributed by atoms with E-state index in [1.165, 1.54) is 17.1 Å². The fraction of sp³-hybridized carbons (Fsp3) is 0.231. The molecule has 3 nitrogen and oxygen atoms in total. The number of hydrogen-bond acceptors (Lipinski definition) is 2. The number of ketones is 1. The van der Waals surface area contributed by atoms with Crippen LogP contribution in [0.5, 0.6) is 0 Å². The number of amides is 1. The first-order valence-corrected chi connectivity index (χ1v) is 5.01. The summed E-state index contributed by atoms with van der Waals surface area (Å²) in [6, 6.07) is 7.24. The van der Waals surface area contributed by atoms with E-state index in [0.29, 0.717) is 5.56 Å². The van der Waals surface area contributed by atoms with Crippen molar-refractivity contribution in [2.24, 2.45) is 0 Å². The van der Waals surface area contributed by atoms with Crippen molar-refractivity contribution in [2.45, 2.75) is 6.92 Å². The number of carbonyl (C=O) groups is 2. The van der Waals surface area contributed by atoms with E-state index in [1.54, 1.807) is 26.2 Å². The maximum atomic E-state index is 11.6. The van der Waals surface area contributed by atoms with Gasteiger partial charge in [0.15, 0.2) is 5.78 Å². The van der Waals surface area contributed by atoms with Crippen LogP contribution in [-0.4, -0.2) is 30.7 Å². The molecule has 1 aromatic rings. The second-order valence-electron chi connectivity index (χ2n) is 3.80. The van der Waals surface area contributed by atoms with Gasteiger partial charge in [0.2, 0.25) is 5.91 Å². The Balaban J connectivity index is 2.73. The van der Waals surface area contributed by atoms with Gasteiger partial charge in [0.25, 0.3) is 0 Å². The van der Waals surface area contributed by atoms with Crippen LogP contribution in [0, 0.1) is 6.92 Å². The van der Waals surface area contributed by atoms with Gasteiger partial charge in [0, 0.05) is 25.7 Å². The molecular formula is C13H15NO2. The zero-order chi connectivity index (χ0) is 12.1. The minimum absolute atomic E-state index is 0.157. The first kappa shape index (κ1) is 12.2. The number of allylic oxidation sites excluding steroid dienone is 1. The summed E-state index contributed by atoms with van der Waals surface area (Å²) in [5, 5.41) is 0. The Morgan fingerprint density at radius 3 is 2.12 bits per heavy atom. The summed E-state index contributed by atoms with van der Waals surface area (Å²) in [4.78, 5) is 24.3. The molecule has 0 saturated heterocycles. The largest absolute Gasteiger partial charge is 0.345 e. The fourth-order valence-corrected chi connectivity index (χ4v) is 1.11. The quantitative estimate of drug-likeness (QED) is 0.572. The topological polar surface area (TPSA) is 37.4 Å². The minimum Gasteiger partial charge on any atom is -0.345 e. The Morgan fingerprint density at radius 2 is 1.62 bits per heavy atom. The molecule has 84 valence electrons. The van der Waals surface area contributed by atoms with Crippen molar-refractivity contribution < 1.29 is 9.59 Å². The van der Waals surface area contributed by atoms with Crippen molar-refractivity contribution >= 4 is 11.7 Å². The summed E-state index contributed by atoms with van der Waals surface area (Å²) in [7, 11) is 3.28. The predicted molar refractivity (Wildman–Crippen MR) is 63.3 cm³/mol. The van der Waals surface area contributed by atoms with Gasteiger partial charge in [-0.1, -0.05) is 29.8 Å². The van der Waals surface area contributed by atoms with Gasteiger partial charge in [-0.2, -0.15) is 0 Å². The molecule has 0 heterocycles. The highest BCUT2D eigenvalue weighted by Gasteiger charge is 2.03. The third-order valence-corrected chi connectivity index (χ3v) is 2.15. The summed E-state index contributed by atoms with van der Waals surface area (Å²) in [6.07, 6.45) is 2.58. The van der Waals surface area contributed by atoms with E-state index in [4.69, 9.17) is 0 Å². The van der Waals surface area contributed by atoms with Crippen molar-refractivity contribution in [1.82, 2.24) is 4.90 Å². The van der Waals surface area contributed by atoms with E-state index >= 15 is 0 Å². The van der Waals surface area contributed by atoms with Crippen molar-refractivity contribution in [3.63, 3.8) is 0 Å². The lowest BCUT2D eigenvalue weighted by atomic mass is 10.1. The molecule has 0 N–H and O–H groups in total. The molecule has 0 aliphatic carbocycles. The molecule has 0 aliphatic rings. The maximum absolute atomic E-state index is 11.6. The van der Waals surface area contributed by atoms with Crippen LogP contribution in [0.15, 0.2) is 36.4 Å². The van der Waals surface area contributed by atoms with Crippen LogP contribution in [0.1, 0.15) is 15.9 Å². The molecule has 0 aliphatic heterocycles. The summed E-state index contributed by atoms with van der Waals surface area (Å²) in [6.45, 7) is 1.96. The average molecular weight is 217 g/mol. The zero-order valence-corrected chi connectivity index (χ0v) is 9.73. The van der Waals surface area contributed by atoms with E-state index in [0.717, 1.165) is 5.56 Å². The average Bonchev–Trinajstić information content (AvgIpc) is 2.26. The molecule has 3 heteroatoms. The number of hydrogen-bond donors (Lipinski definition) is 0. The van der Waals surface area contributed by atoms with Gasteiger partial charge in [-0.3, -0.25) is 9.59 Å². The van der Waals surface area contributed by atoms with Crippen LogP contribution in [-0.2, 0) is 4.79 Å². The molecule has 0 fully saturated rings. The van der Waals surface area contributed by atoms with Gasteiger partial charge < -0.3 is 4.90 Å². The molecule has 0 aromatic heterocycles. The third-order valence-electron chi connectivity index (χ3n) is 2.15. The Hall–Kier alpha value is -1.90. The lowest BCUT2D eigenvalue weighted by Gasteiger charge is -2.04. The van der Waals surface area contributed by atoms with Gasteiger partial charge in [-0.25, -0.2) is 0 Å². The number of carbonyl (C=O) groups excluding carboxylic acids is 2. The SMILES string of the molecule is Cc1ccc(C(=O)C=CC(=O)N(C)C)cc1. The smallest absolute Gasteiger partial charge is 0.246 e. The molecule has 0 spiro atoms. The minimum atomic E-state index is -0.194. The molecular weight excluding hydrogens is 202 g/mol. The normalized spacial score (nSPS) is 10.4. The number of rotatable bonds is 3. The second-order valence-corrected chi connectivity index (χ2v) is 3.80. The molecule has 0 saturated carbocycles. The van der Waals surface area contributed by atoms with Crippen LogP contribution in [0.25, 0.3) is 0 Å². The van der Waals surface area contributed by atoms with Gasteiger partial charge in [0.05, 0.1) is 0 Å². The molecule has 16 heavy (non-hydrogen) atoms. The fourth-order valence-electron chi connectivity index (χ4n) is 1.11. The summed E-state index contributed by atoms with van der Waals surface area (Å²) in [5.74, 6) is -0.351. The van der Waals surface area contributed by atoms with Crippen molar-refractivity contribution in [3.05, 3.63) is 47.5 Å². The summed E-state index contributed by atoms with van der Waals surface area (Å²) < 4.78 is 0. The van der Waals surface area contributed by atoms with Crippen LogP contribution in [0.4, 0.5) is 0 Å². The number of nitrogens with zero attached hydrogens (tertiary/aromatic N) is 1. The highest BCUT2D eigenvalue weighted by Crippen LogP contribution is 2.04. The van der Waals surface area contributed by atoms with E-state index in [9.17, 15) is 9.59 Å². The van der Waals surface area contributed by atoms with Crippen molar-refractivity contribution in [1.29, 1.82) is 0 Å². The Morgan fingerprint density at radius 1 is 1.06 bits per heavy atom. The van der Waals surface area contributed by atoms with Crippen LogP contribution < -0.4 is 0 Å². The number of benzene rings is 1. The monoisotopic (exact) mass is 217 g/mol. The molecule has 0 atom stereocenters. The highest BCUT2D eigenvalue weighted by atomic mass is 16.2. The summed E-state index contributed by atoms with van der Waals surface area (Å²) >= 11 is 0.